The van der Waals surface area contributed by atoms with Gasteiger partial charge in [-0.05, 0) is 58.4 Å². The van der Waals surface area contributed by atoms with Crippen LogP contribution in [0.25, 0.3) is 0 Å². The Bertz CT molecular complexity index is 363. The molecule has 0 aliphatic carbocycles. The Balaban J connectivity index is 2.28. The summed E-state index contributed by atoms with van der Waals surface area (Å²) in [5.74, 6) is 0.601. The van der Waals surface area contributed by atoms with Crippen molar-refractivity contribution < 1.29 is 8.42 Å². The van der Waals surface area contributed by atoms with Crippen LogP contribution in [-0.2, 0) is 10.2 Å². The first kappa shape index (κ1) is 18.8. The zero-order valence-corrected chi connectivity index (χ0v) is 14.6. The summed E-state index contributed by atoms with van der Waals surface area (Å²) in [4.78, 5) is 2.30. The van der Waals surface area contributed by atoms with Crippen LogP contribution in [0.3, 0.4) is 0 Å². The second-order valence-corrected chi connectivity index (χ2v) is 7.44. The maximum atomic E-state index is 12.2. The Morgan fingerprint density at radius 1 is 1.19 bits per heavy atom. The molecule has 0 amide bonds. The highest BCUT2D eigenvalue weighted by molar-refractivity contribution is 7.87. The number of piperidine rings is 1. The molecule has 0 aromatic heterocycles. The van der Waals surface area contributed by atoms with Crippen molar-refractivity contribution in [2.75, 3.05) is 52.9 Å². The van der Waals surface area contributed by atoms with Crippen molar-refractivity contribution in [1.29, 1.82) is 0 Å². The van der Waals surface area contributed by atoms with E-state index in [0.717, 1.165) is 45.4 Å². The van der Waals surface area contributed by atoms with Gasteiger partial charge in [-0.2, -0.15) is 12.7 Å². The first-order valence-electron chi connectivity index (χ1n) is 8.15. The number of nitrogens with zero attached hydrogens (tertiary/aromatic N) is 2. The summed E-state index contributed by atoms with van der Waals surface area (Å²) < 4.78 is 28.8. The minimum Gasteiger partial charge on any atom is -0.319 e. The van der Waals surface area contributed by atoms with Crippen molar-refractivity contribution in [3.8, 4) is 0 Å². The fraction of sp³-hybridized carbons (Fsp3) is 1.00. The summed E-state index contributed by atoms with van der Waals surface area (Å²) in [6.45, 7) is 10.0. The van der Waals surface area contributed by atoms with E-state index < -0.39 is 10.2 Å². The molecule has 0 aromatic rings. The van der Waals surface area contributed by atoms with E-state index in [1.807, 2.05) is 7.05 Å². The molecular weight excluding hydrogens is 288 g/mol. The van der Waals surface area contributed by atoms with E-state index in [1.54, 1.807) is 4.31 Å². The van der Waals surface area contributed by atoms with Gasteiger partial charge in [0.1, 0.15) is 0 Å². The molecule has 7 heteroatoms. The van der Waals surface area contributed by atoms with Gasteiger partial charge in [0.15, 0.2) is 0 Å². The molecule has 1 heterocycles. The molecule has 1 saturated heterocycles. The number of nitrogens with one attached hydrogen (secondary N) is 2. The lowest BCUT2D eigenvalue weighted by molar-refractivity contribution is 0.267. The molecule has 1 rings (SSSR count). The van der Waals surface area contributed by atoms with Crippen LogP contribution >= 0.6 is 0 Å². The first-order chi connectivity index (χ1) is 10.0. The van der Waals surface area contributed by atoms with Gasteiger partial charge < -0.3 is 10.2 Å². The molecule has 126 valence electrons. The lowest BCUT2D eigenvalue weighted by atomic mass is 9.98. The summed E-state index contributed by atoms with van der Waals surface area (Å²) in [7, 11) is -1.34. The molecule has 0 radical (unpaired) electrons. The van der Waals surface area contributed by atoms with Gasteiger partial charge in [-0.25, -0.2) is 4.72 Å². The zero-order valence-electron chi connectivity index (χ0n) is 13.8. The monoisotopic (exact) mass is 320 g/mol. The molecule has 21 heavy (non-hydrogen) atoms. The van der Waals surface area contributed by atoms with E-state index in [0.29, 0.717) is 25.6 Å². The van der Waals surface area contributed by atoms with Crippen LogP contribution < -0.4 is 10.0 Å². The third-order valence-corrected chi connectivity index (χ3v) is 5.85. The Hall–Kier alpha value is -0.210. The molecule has 0 unspecified atom stereocenters. The molecule has 0 saturated carbocycles. The Kier molecular flexibility index (Phi) is 8.73. The highest BCUT2D eigenvalue weighted by atomic mass is 32.2. The van der Waals surface area contributed by atoms with Crippen LogP contribution in [0.4, 0.5) is 0 Å². The summed E-state index contributed by atoms with van der Waals surface area (Å²) in [5, 5.41) is 3.17. The van der Waals surface area contributed by atoms with Crippen LogP contribution in [0.2, 0.25) is 0 Å². The summed E-state index contributed by atoms with van der Waals surface area (Å²) in [5.41, 5.74) is 0. The SMILES string of the molecule is CCN(CC)CCCNS(=O)(=O)N1CCC(CNC)CC1. The third-order valence-electron chi connectivity index (χ3n) is 4.24. The van der Waals surface area contributed by atoms with Crippen molar-refractivity contribution in [1.82, 2.24) is 19.2 Å². The predicted molar refractivity (Wildman–Crippen MR) is 87.6 cm³/mol. The molecule has 6 nitrogen and oxygen atoms in total. The molecule has 0 aromatic carbocycles. The average molecular weight is 321 g/mol. The van der Waals surface area contributed by atoms with Crippen molar-refractivity contribution in [3.63, 3.8) is 0 Å². The Morgan fingerprint density at radius 2 is 1.81 bits per heavy atom. The maximum absolute atomic E-state index is 12.2. The van der Waals surface area contributed by atoms with Crippen molar-refractivity contribution >= 4 is 10.2 Å². The predicted octanol–water partition coefficient (Wildman–Crippen LogP) is 0.484. The lowest BCUT2D eigenvalue weighted by Gasteiger charge is -2.31. The highest BCUT2D eigenvalue weighted by Crippen LogP contribution is 2.18. The number of rotatable bonds is 10. The number of hydrogen-bond acceptors (Lipinski definition) is 4. The Labute approximate surface area is 130 Å². The van der Waals surface area contributed by atoms with Crippen molar-refractivity contribution in [2.45, 2.75) is 33.1 Å². The average Bonchev–Trinajstić information content (AvgIpc) is 2.48. The van der Waals surface area contributed by atoms with Crippen molar-refractivity contribution in [3.05, 3.63) is 0 Å². The highest BCUT2D eigenvalue weighted by Gasteiger charge is 2.27. The number of hydrogen-bond donors (Lipinski definition) is 2. The van der Waals surface area contributed by atoms with Gasteiger partial charge in [-0.15, -0.1) is 0 Å². The van der Waals surface area contributed by atoms with E-state index in [1.165, 1.54) is 0 Å². The van der Waals surface area contributed by atoms with Crippen LogP contribution in [-0.4, -0.2) is 70.5 Å². The smallest absolute Gasteiger partial charge is 0.279 e. The maximum Gasteiger partial charge on any atom is 0.279 e. The lowest BCUT2D eigenvalue weighted by Crippen LogP contribution is -2.46. The first-order valence-corrected chi connectivity index (χ1v) is 9.59. The van der Waals surface area contributed by atoms with E-state index in [2.05, 4.69) is 28.8 Å². The molecule has 1 aliphatic rings. The normalized spacial score (nSPS) is 18.5. The molecular formula is C14H32N4O2S. The van der Waals surface area contributed by atoms with E-state index >= 15 is 0 Å². The Morgan fingerprint density at radius 3 is 2.33 bits per heavy atom. The molecule has 2 N–H and O–H groups in total. The van der Waals surface area contributed by atoms with Crippen LogP contribution in [0.5, 0.6) is 0 Å². The van der Waals surface area contributed by atoms with Gasteiger partial charge in [0.25, 0.3) is 10.2 Å². The van der Waals surface area contributed by atoms with Gasteiger partial charge in [0.2, 0.25) is 0 Å². The van der Waals surface area contributed by atoms with Gasteiger partial charge in [-0.3, -0.25) is 0 Å². The molecule has 0 spiro atoms. The summed E-state index contributed by atoms with van der Waals surface area (Å²) in [6.07, 6.45) is 2.75. The van der Waals surface area contributed by atoms with Crippen LogP contribution in [0, 0.1) is 5.92 Å². The quantitative estimate of drug-likeness (QED) is 0.575. The summed E-state index contributed by atoms with van der Waals surface area (Å²) in [6, 6.07) is 0. The molecule has 1 aliphatic heterocycles. The van der Waals surface area contributed by atoms with Crippen LogP contribution in [0.1, 0.15) is 33.1 Å². The zero-order chi connectivity index (χ0) is 15.7. The second kappa shape index (κ2) is 9.74. The van der Waals surface area contributed by atoms with Gasteiger partial charge in [-0.1, -0.05) is 13.8 Å². The van der Waals surface area contributed by atoms with Gasteiger partial charge in [0.05, 0.1) is 0 Å². The standard InChI is InChI=1S/C14H32N4O2S/c1-4-17(5-2)10-6-9-16-21(19,20)18-11-7-14(8-12-18)13-15-3/h14-16H,4-13H2,1-3H3. The van der Waals surface area contributed by atoms with Crippen molar-refractivity contribution in [2.24, 2.45) is 5.92 Å². The minimum absolute atomic E-state index is 0.523. The van der Waals surface area contributed by atoms with E-state index in [4.69, 9.17) is 0 Å². The minimum atomic E-state index is -3.29. The topological polar surface area (TPSA) is 64.7 Å². The largest absolute Gasteiger partial charge is 0.319 e. The van der Waals surface area contributed by atoms with E-state index in [9.17, 15) is 8.42 Å². The van der Waals surface area contributed by atoms with Crippen LogP contribution in [0.15, 0.2) is 0 Å². The van der Waals surface area contributed by atoms with Gasteiger partial charge in [0, 0.05) is 19.6 Å². The molecule has 0 atom stereocenters. The van der Waals surface area contributed by atoms with Gasteiger partial charge >= 0.3 is 0 Å². The fourth-order valence-corrected chi connectivity index (χ4v) is 4.05. The van der Waals surface area contributed by atoms with E-state index in [-0.39, 0.29) is 0 Å². The summed E-state index contributed by atoms with van der Waals surface area (Å²) >= 11 is 0. The fourth-order valence-electron chi connectivity index (χ4n) is 2.78. The molecule has 0 bridgehead atoms. The second-order valence-electron chi connectivity index (χ2n) is 5.68. The third kappa shape index (κ3) is 6.61. The molecule has 1 fully saturated rings.